The van der Waals surface area contributed by atoms with Crippen molar-refractivity contribution in [2.75, 3.05) is 13.1 Å². The Morgan fingerprint density at radius 3 is 2.79 bits per heavy atom. The number of likely N-dealkylation sites (tertiary alicyclic amines) is 1. The Morgan fingerprint density at radius 2 is 2.08 bits per heavy atom. The molecule has 0 aromatic heterocycles. The Balaban J connectivity index is 2.03. The molecular weight excluding hydrogens is 318 g/mol. The van der Waals surface area contributed by atoms with Crippen LogP contribution in [0.5, 0.6) is 0 Å². The van der Waals surface area contributed by atoms with Crippen LogP contribution >= 0.6 is 0 Å². The average Bonchev–Trinajstić information content (AvgIpc) is 2.91. The van der Waals surface area contributed by atoms with Crippen molar-refractivity contribution in [3.63, 3.8) is 0 Å². The van der Waals surface area contributed by atoms with E-state index in [9.17, 15) is 23.5 Å². The van der Waals surface area contributed by atoms with Gasteiger partial charge in [0.15, 0.2) is 0 Å². The lowest BCUT2D eigenvalue weighted by Gasteiger charge is -2.25. The van der Waals surface area contributed by atoms with E-state index in [1.54, 1.807) is 0 Å². The molecule has 0 saturated carbocycles. The molecule has 1 heterocycles. The van der Waals surface area contributed by atoms with Gasteiger partial charge in [-0.1, -0.05) is 0 Å². The summed E-state index contributed by atoms with van der Waals surface area (Å²) in [7, 11) is 0. The summed E-state index contributed by atoms with van der Waals surface area (Å²) in [6, 6.07) is 2.41. The van der Waals surface area contributed by atoms with Crippen molar-refractivity contribution >= 4 is 11.8 Å². The number of hydrogen-bond donors (Lipinski definition) is 2. The minimum atomic E-state index is -0.773. The van der Waals surface area contributed by atoms with Crippen molar-refractivity contribution in [3.05, 3.63) is 35.4 Å². The van der Waals surface area contributed by atoms with Crippen LogP contribution in [0.1, 0.15) is 44.2 Å². The Morgan fingerprint density at radius 1 is 1.33 bits per heavy atom. The van der Waals surface area contributed by atoms with E-state index in [0.717, 1.165) is 18.2 Å². The first-order valence-corrected chi connectivity index (χ1v) is 8.11. The van der Waals surface area contributed by atoms with Crippen molar-refractivity contribution in [2.45, 2.75) is 44.8 Å². The van der Waals surface area contributed by atoms with Gasteiger partial charge >= 0.3 is 0 Å². The van der Waals surface area contributed by atoms with E-state index < -0.39 is 23.8 Å². The third-order valence-corrected chi connectivity index (χ3v) is 4.08. The van der Waals surface area contributed by atoms with Gasteiger partial charge in [0.2, 0.25) is 11.8 Å². The first-order chi connectivity index (χ1) is 11.4. The summed E-state index contributed by atoms with van der Waals surface area (Å²) in [6.45, 7) is 2.43. The number of halogens is 2. The lowest BCUT2D eigenvalue weighted by Crippen LogP contribution is -2.32. The van der Waals surface area contributed by atoms with Gasteiger partial charge < -0.3 is 15.3 Å². The third-order valence-electron chi connectivity index (χ3n) is 4.08. The molecule has 2 atom stereocenters. The van der Waals surface area contributed by atoms with Gasteiger partial charge in [-0.2, -0.15) is 0 Å². The van der Waals surface area contributed by atoms with Crippen LogP contribution in [-0.2, 0) is 9.59 Å². The molecular formula is C17H22F2N2O3. The summed E-state index contributed by atoms with van der Waals surface area (Å²) in [5.41, 5.74) is 0.0728. The number of aliphatic hydroxyl groups excluding tert-OH is 1. The van der Waals surface area contributed by atoms with Crippen molar-refractivity contribution in [1.29, 1.82) is 0 Å². The van der Waals surface area contributed by atoms with E-state index in [2.05, 4.69) is 5.32 Å². The van der Waals surface area contributed by atoms with Gasteiger partial charge in [-0.3, -0.25) is 9.59 Å². The highest BCUT2D eigenvalue weighted by atomic mass is 19.1. The van der Waals surface area contributed by atoms with Gasteiger partial charge in [-0.15, -0.1) is 0 Å². The molecule has 0 radical (unpaired) electrons. The lowest BCUT2D eigenvalue weighted by molar-refractivity contribution is -0.132. The molecule has 0 aliphatic carbocycles. The zero-order chi connectivity index (χ0) is 17.7. The van der Waals surface area contributed by atoms with Crippen LogP contribution in [0.4, 0.5) is 8.78 Å². The molecule has 1 aliphatic rings. The normalized spacial score (nSPS) is 20.2. The van der Waals surface area contributed by atoms with Crippen molar-refractivity contribution in [1.82, 2.24) is 10.2 Å². The summed E-state index contributed by atoms with van der Waals surface area (Å²) in [5, 5.41) is 12.5. The Hall–Kier alpha value is -2.02. The molecule has 2 rings (SSSR count). The van der Waals surface area contributed by atoms with Gasteiger partial charge in [0, 0.05) is 31.5 Å². The molecule has 0 spiro atoms. The van der Waals surface area contributed by atoms with Gasteiger partial charge in [0.1, 0.15) is 11.6 Å². The first-order valence-electron chi connectivity index (χ1n) is 8.11. The molecule has 7 heteroatoms. The number of β-amino-alcohol motifs (C(OH)–C–C–N with tert-alkyl or cyclic N) is 1. The topological polar surface area (TPSA) is 69.6 Å². The Labute approximate surface area is 139 Å². The fourth-order valence-corrected chi connectivity index (χ4v) is 2.98. The maximum absolute atomic E-state index is 14.0. The minimum Gasteiger partial charge on any atom is -0.391 e. The smallest absolute Gasteiger partial charge is 0.223 e. The molecule has 2 unspecified atom stereocenters. The number of amides is 2. The molecule has 1 saturated heterocycles. The predicted octanol–water partition coefficient (Wildman–Crippen LogP) is 1.91. The fourth-order valence-electron chi connectivity index (χ4n) is 2.98. The molecule has 1 fully saturated rings. The monoisotopic (exact) mass is 340 g/mol. The minimum absolute atomic E-state index is 0.0728. The van der Waals surface area contributed by atoms with Crippen LogP contribution in [0.25, 0.3) is 0 Å². The van der Waals surface area contributed by atoms with Crippen molar-refractivity contribution in [2.24, 2.45) is 0 Å². The molecule has 2 amide bonds. The Kier molecular flexibility index (Phi) is 6.25. The van der Waals surface area contributed by atoms with Gasteiger partial charge in [0.05, 0.1) is 12.1 Å². The largest absolute Gasteiger partial charge is 0.391 e. The zero-order valence-electron chi connectivity index (χ0n) is 13.6. The average molecular weight is 340 g/mol. The number of nitrogens with zero attached hydrogens (tertiary/aromatic N) is 1. The molecule has 2 N–H and O–H groups in total. The third kappa shape index (κ3) is 4.50. The summed E-state index contributed by atoms with van der Waals surface area (Å²) in [6.07, 6.45) is 0.120. The van der Waals surface area contributed by atoms with Crippen LogP contribution < -0.4 is 5.32 Å². The van der Waals surface area contributed by atoms with Gasteiger partial charge in [-0.25, -0.2) is 8.78 Å². The first kappa shape index (κ1) is 18.3. The van der Waals surface area contributed by atoms with Crippen LogP contribution in [-0.4, -0.2) is 41.0 Å². The van der Waals surface area contributed by atoms with Crippen molar-refractivity contribution < 1.29 is 23.5 Å². The predicted molar refractivity (Wildman–Crippen MR) is 84.0 cm³/mol. The maximum atomic E-state index is 14.0. The highest BCUT2D eigenvalue weighted by Gasteiger charge is 2.36. The van der Waals surface area contributed by atoms with Gasteiger partial charge in [0.25, 0.3) is 0 Å². The van der Waals surface area contributed by atoms with E-state index in [1.165, 1.54) is 4.90 Å². The number of carbonyl (C=O) groups excluding carboxylic acids is 2. The van der Waals surface area contributed by atoms with E-state index in [-0.39, 0.29) is 43.2 Å². The Bertz CT molecular complexity index is 609. The summed E-state index contributed by atoms with van der Waals surface area (Å²) in [4.78, 5) is 25.2. The highest BCUT2D eigenvalue weighted by Crippen LogP contribution is 2.34. The number of nitrogens with one attached hydrogen (secondary N) is 1. The molecule has 132 valence electrons. The van der Waals surface area contributed by atoms with E-state index >= 15 is 0 Å². The second kappa shape index (κ2) is 8.19. The number of aliphatic hydroxyl groups is 1. The second-order valence-corrected chi connectivity index (χ2v) is 5.92. The highest BCUT2D eigenvalue weighted by molar-refractivity contribution is 5.79. The summed E-state index contributed by atoms with van der Waals surface area (Å²) >= 11 is 0. The molecule has 1 aromatic carbocycles. The number of benzene rings is 1. The lowest BCUT2D eigenvalue weighted by atomic mass is 10.0. The number of hydrogen-bond acceptors (Lipinski definition) is 3. The SMILES string of the molecule is CCNC(=O)CCCC(=O)N1CC(O)CC1c1cc(F)ccc1F. The van der Waals surface area contributed by atoms with Crippen LogP contribution in [0.3, 0.4) is 0 Å². The van der Waals surface area contributed by atoms with E-state index in [1.807, 2.05) is 6.92 Å². The fraction of sp³-hybridized carbons (Fsp3) is 0.529. The zero-order valence-corrected chi connectivity index (χ0v) is 13.6. The maximum Gasteiger partial charge on any atom is 0.223 e. The molecule has 0 bridgehead atoms. The standard InChI is InChI=1S/C17H22F2N2O3/c1-2-20-16(23)4-3-5-17(24)21-10-12(22)9-15(21)13-8-11(18)6-7-14(13)19/h6-8,12,15,22H,2-5,9-10H2,1H3,(H,20,23). The van der Waals surface area contributed by atoms with Gasteiger partial charge in [-0.05, 0) is 38.0 Å². The van der Waals surface area contributed by atoms with Crippen LogP contribution in [0.15, 0.2) is 18.2 Å². The van der Waals surface area contributed by atoms with Crippen LogP contribution in [0.2, 0.25) is 0 Å². The van der Waals surface area contributed by atoms with E-state index in [0.29, 0.717) is 13.0 Å². The quantitative estimate of drug-likeness (QED) is 0.831. The van der Waals surface area contributed by atoms with Crippen molar-refractivity contribution in [3.8, 4) is 0 Å². The number of carbonyl (C=O) groups is 2. The van der Waals surface area contributed by atoms with Crippen LogP contribution in [0, 0.1) is 11.6 Å². The molecule has 24 heavy (non-hydrogen) atoms. The second-order valence-electron chi connectivity index (χ2n) is 5.92. The summed E-state index contributed by atoms with van der Waals surface area (Å²) < 4.78 is 27.4. The van der Waals surface area contributed by atoms with E-state index in [4.69, 9.17) is 0 Å². The molecule has 5 nitrogen and oxygen atoms in total. The summed E-state index contributed by atoms with van der Waals surface area (Å²) in [5.74, 6) is -1.59. The molecule has 1 aliphatic heterocycles. The molecule has 1 aromatic rings. The number of rotatable bonds is 6.